The van der Waals surface area contributed by atoms with Crippen molar-refractivity contribution in [1.29, 1.82) is 0 Å². The van der Waals surface area contributed by atoms with E-state index >= 15 is 0 Å². The summed E-state index contributed by atoms with van der Waals surface area (Å²) in [5, 5.41) is 13.2. The molecule has 1 aromatic carbocycles. The molecule has 1 aliphatic rings. The minimum atomic E-state index is -0.242. The minimum absolute atomic E-state index is 0.0302. The molecule has 0 bridgehead atoms. The smallest absolute Gasteiger partial charge is 0.319 e. The number of rotatable bonds is 5. The number of carbonyl (C=O) groups excluding carboxylic acids is 2. The average Bonchev–Trinajstić information content (AvgIpc) is 2.94. The third kappa shape index (κ3) is 5.14. The predicted octanol–water partition coefficient (Wildman–Crippen LogP) is 2.65. The topological polar surface area (TPSA) is 91.3 Å². The normalized spacial score (nSPS) is 16.3. The molecule has 2 heterocycles. The lowest BCUT2D eigenvalue weighted by Gasteiger charge is -2.35. The van der Waals surface area contributed by atoms with E-state index in [2.05, 4.69) is 25.9 Å². The summed E-state index contributed by atoms with van der Waals surface area (Å²) in [7, 11) is 1.87. The van der Waals surface area contributed by atoms with Gasteiger partial charge in [-0.15, -0.1) is 0 Å². The molecule has 3 amide bonds. The summed E-state index contributed by atoms with van der Waals surface area (Å²) < 4.78 is 1.77. The number of likely N-dealkylation sites (tertiary alicyclic amines) is 1. The van der Waals surface area contributed by atoms with Crippen LogP contribution in [0.2, 0.25) is 0 Å². The van der Waals surface area contributed by atoms with E-state index < -0.39 is 0 Å². The number of piperidine rings is 1. The second kappa shape index (κ2) is 9.09. The highest BCUT2D eigenvalue weighted by Gasteiger charge is 2.28. The molecule has 1 aromatic heterocycles. The summed E-state index contributed by atoms with van der Waals surface area (Å²) in [4.78, 5) is 27.0. The van der Waals surface area contributed by atoms with E-state index in [1.165, 1.54) is 0 Å². The molecule has 2 aromatic rings. The maximum Gasteiger partial charge on any atom is 0.319 e. The molecule has 1 atom stereocenters. The van der Waals surface area contributed by atoms with Gasteiger partial charge >= 0.3 is 6.03 Å². The van der Waals surface area contributed by atoms with Crippen molar-refractivity contribution in [3.63, 3.8) is 0 Å². The van der Waals surface area contributed by atoms with Gasteiger partial charge in [0.15, 0.2) is 0 Å². The number of para-hydroxylation sites is 1. The molecule has 1 aliphatic heterocycles. The number of benzene rings is 1. The number of nitrogens with zero attached hydrogens (tertiary/aromatic N) is 3. The molecule has 29 heavy (non-hydrogen) atoms. The number of hydrogen-bond acceptors (Lipinski definition) is 4. The summed E-state index contributed by atoms with van der Waals surface area (Å²) in [6.07, 6.45) is 1.62. The zero-order valence-electron chi connectivity index (χ0n) is 17.5. The van der Waals surface area contributed by atoms with Gasteiger partial charge in [-0.3, -0.25) is 14.4 Å². The van der Waals surface area contributed by atoms with Crippen molar-refractivity contribution < 1.29 is 9.59 Å². The first-order chi connectivity index (χ1) is 13.8. The van der Waals surface area contributed by atoms with Crippen LogP contribution in [0.25, 0.3) is 0 Å². The van der Waals surface area contributed by atoms with Crippen LogP contribution in [0.15, 0.2) is 30.3 Å². The molecule has 1 saturated heterocycles. The maximum absolute atomic E-state index is 12.7. The number of urea groups is 1. The molecular weight excluding hydrogens is 368 g/mol. The van der Waals surface area contributed by atoms with Crippen molar-refractivity contribution in [3.8, 4) is 0 Å². The van der Waals surface area contributed by atoms with Gasteiger partial charge in [0, 0.05) is 31.9 Å². The minimum Gasteiger partial charge on any atom is -0.335 e. The van der Waals surface area contributed by atoms with Crippen molar-refractivity contribution in [1.82, 2.24) is 20.0 Å². The number of aryl methyl sites for hydroxylation is 2. The Morgan fingerprint density at radius 1 is 1.10 bits per heavy atom. The Morgan fingerprint density at radius 2 is 1.76 bits per heavy atom. The van der Waals surface area contributed by atoms with E-state index in [4.69, 9.17) is 0 Å². The van der Waals surface area contributed by atoms with Crippen LogP contribution in [0, 0.1) is 13.8 Å². The maximum atomic E-state index is 12.7. The van der Waals surface area contributed by atoms with Crippen LogP contribution >= 0.6 is 0 Å². The lowest BCUT2D eigenvalue weighted by atomic mass is 10.0. The Bertz CT molecular complexity index is 856. The fraction of sp³-hybridized carbons (Fsp3) is 0.476. The van der Waals surface area contributed by atoms with Crippen molar-refractivity contribution in [2.24, 2.45) is 7.05 Å². The molecule has 3 N–H and O–H groups in total. The predicted molar refractivity (Wildman–Crippen MR) is 114 cm³/mol. The van der Waals surface area contributed by atoms with Gasteiger partial charge in [-0.25, -0.2) is 4.79 Å². The Hall–Kier alpha value is -2.87. The van der Waals surface area contributed by atoms with Crippen LogP contribution in [0.3, 0.4) is 0 Å². The summed E-state index contributed by atoms with van der Waals surface area (Å²) >= 11 is 0. The Balaban J connectivity index is 1.47. The van der Waals surface area contributed by atoms with Gasteiger partial charge in [-0.1, -0.05) is 18.2 Å². The lowest BCUT2D eigenvalue weighted by Crippen LogP contribution is -2.51. The summed E-state index contributed by atoms with van der Waals surface area (Å²) in [6, 6.07) is 9.06. The van der Waals surface area contributed by atoms with E-state index in [1.807, 2.05) is 58.2 Å². The first kappa shape index (κ1) is 20.9. The van der Waals surface area contributed by atoms with Crippen molar-refractivity contribution in [2.75, 3.05) is 23.7 Å². The van der Waals surface area contributed by atoms with Gasteiger partial charge in [0.2, 0.25) is 5.91 Å². The first-order valence-corrected chi connectivity index (χ1v) is 10.0. The lowest BCUT2D eigenvalue weighted by molar-refractivity contribution is -0.121. The average molecular weight is 399 g/mol. The van der Waals surface area contributed by atoms with Gasteiger partial charge in [0.05, 0.1) is 23.1 Å². The zero-order chi connectivity index (χ0) is 21.0. The quantitative estimate of drug-likeness (QED) is 0.722. The highest BCUT2D eigenvalue weighted by atomic mass is 16.2. The number of nitrogens with one attached hydrogen (secondary N) is 3. The first-order valence-electron chi connectivity index (χ1n) is 10.0. The zero-order valence-corrected chi connectivity index (χ0v) is 17.5. The summed E-state index contributed by atoms with van der Waals surface area (Å²) in [5.41, 5.74) is 3.32. The molecule has 1 fully saturated rings. The van der Waals surface area contributed by atoms with Crippen molar-refractivity contribution in [2.45, 2.75) is 45.7 Å². The van der Waals surface area contributed by atoms with Gasteiger partial charge in [0.1, 0.15) is 0 Å². The third-order valence-electron chi connectivity index (χ3n) is 5.58. The summed E-state index contributed by atoms with van der Waals surface area (Å²) in [5.74, 6) is -0.0302. The molecule has 3 rings (SSSR count). The Labute approximate surface area is 171 Å². The largest absolute Gasteiger partial charge is 0.335 e. The van der Waals surface area contributed by atoms with E-state index in [0.29, 0.717) is 0 Å². The molecule has 0 spiro atoms. The fourth-order valence-corrected chi connectivity index (χ4v) is 3.65. The second-order valence-corrected chi connectivity index (χ2v) is 7.61. The molecule has 1 unspecified atom stereocenters. The SMILES string of the molecule is Cc1nn(C)c(C)c1NC(=O)C(C)N1CCC(NC(=O)Nc2ccccc2)CC1. The van der Waals surface area contributed by atoms with Crippen LogP contribution in [-0.2, 0) is 11.8 Å². The molecule has 0 radical (unpaired) electrons. The van der Waals surface area contributed by atoms with Crippen molar-refractivity contribution in [3.05, 3.63) is 41.7 Å². The van der Waals surface area contributed by atoms with Crippen LogP contribution in [0.4, 0.5) is 16.2 Å². The fourth-order valence-electron chi connectivity index (χ4n) is 3.65. The molecule has 8 heteroatoms. The van der Waals surface area contributed by atoms with Crippen LogP contribution in [-0.4, -0.2) is 51.8 Å². The Morgan fingerprint density at radius 3 is 2.34 bits per heavy atom. The number of anilines is 2. The molecule has 156 valence electrons. The van der Waals surface area contributed by atoms with Crippen molar-refractivity contribution >= 4 is 23.3 Å². The number of carbonyl (C=O) groups is 2. The molecule has 8 nitrogen and oxygen atoms in total. The highest BCUT2D eigenvalue weighted by Crippen LogP contribution is 2.20. The molecular formula is C21H30N6O2. The Kier molecular flexibility index (Phi) is 6.53. The second-order valence-electron chi connectivity index (χ2n) is 7.61. The monoisotopic (exact) mass is 398 g/mol. The van der Waals surface area contributed by atoms with Crippen LogP contribution < -0.4 is 16.0 Å². The van der Waals surface area contributed by atoms with E-state index in [9.17, 15) is 9.59 Å². The number of amides is 3. The third-order valence-corrected chi connectivity index (χ3v) is 5.58. The van der Waals surface area contributed by atoms with Gasteiger partial charge in [-0.05, 0) is 45.7 Å². The van der Waals surface area contributed by atoms with E-state index in [1.54, 1.807) is 4.68 Å². The van der Waals surface area contributed by atoms with E-state index in [0.717, 1.165) is 48.7 Å². The van der Waals surface area contributed by atoms with E-state index in [-0.39, 0.29) is 24.0 Å². The molecule has 0 aliphatic carbocycles. The molecule has 0 saturated carbocycles. The van der Waals surface area contributed by atoms with Crippen LogP contribution in [0.1, 0.15) is 31.2 Å². The standard InChI is InChI=1S/C21H30N6O2/c1-14-19(15(2)26(4)25-14)24-20(28)16(3)27-12-10-18(11-13-27)23-21(29)22-17-8-6-5-7-9-17/h5-9,16,18H,10-13H2,1-4H3,(H,24,28)(H2,22,23,29). The number of aromatic nitrogens is 2. The van der Waals surface area contributed by atoms with Gasteiger partial charge in [0.25, 0.3) is 0 Å². The number of hydrogen-bond donors (Lipinski definition) is 3. The summed E-state index contributed by atoms with van der Waals surface area (Å²) in [6.45, 7) is 7.28. The highest BCUT2D eigenvalue weighted by molar-refractivity contribution is 5.95. The van der Waals surface area contributed by atoms with Crippen LogP contribution in [0.5, 0.6) is 0 Å². The van der Waals surface area contributed by atoms with Gasteiger partial charge in [-0.2, -0.15) is 5.10 Å². The van der Waals surface area contributed by atoms with Gasteiger partial charge < -0.3 is 16.0 Å².